The van der Waals surface area contributed by atoms with E-state index in [-0.39, 0.29) is 41.7 Å². The van der Waals surface area contributed by atoms with Crippen molar-refractivity contribution in [3.63, 3.8) is 0 Å². The molecule has 3 heterocycles. The van der Waals surface area contributed by atoms with Crippen LogP contribution in [0.25, 0.3) is 0 Å². The number of imide groups is 2. The summed E-state index contributed by atoms with van der Waals surface area (Å²) < 4.78 is 5.23. The molecule has 2 aromatic carbocycles. The van der Waals surface area contributed by atoms with Crippen LogP contribution < -0.4 is 20.3 Å². The summed E-state index contributed by atoms with van der Waals surface area (Å²) in [5, 5.41) is 5.30. The number of rotatable bonds is 7. The maximum absolute atomic E-state index is 13.2. The van der Waals surface area contributed by atoms with Crippen molar-refractivity contribution in [3.05, 3.63) is 59.2 Å². The summed E-state index contributed by atoms with van der Waals surface area (Å²) in [6.45, 7) is 4.21. The van der Waals surface area contributed by atoms with E-state index >= 15 is 0 Å². The number of ether oxygens (including phenoxy) is 1. The van der Waals surface area contributed by atoms with Gasteiger partial charge in [-0.05, 0) is 60.6 Å². The molecule has 0 radical (unpaired) electrons. The van der Waals surface area contributed by atoms with Gasteiger partial charge in [-0.15, -0.1) is 0 Å². The van der Waals surface area contributed by atoms with Gasteiger partial charge in [-0.25, -0.2) is 0 Å². The number of piperidine rings is 2. The van der Waals surface area contributed by atoms with Gasteiger partial charge in [0.25, 0.3) is 11.8 Å². The van der Waals surface area contributed by atoms with Crippen LogP contribution >= 0.6 is 0 Å². The van der Waals surface area contributed by atoms with Crippen LogP contribution in [0.15, 0.2) is 42.5 Å². The molecule has 10 heteroatoms. The number of benzene rings is 2. The topological polar surface area (TPSA) is 125 Å². The monoisotopic (exact) mass is 532 g/mol. The molecule has 0 aromatic heterocycles. The molecule has 2 fully saturated rings. The Balaban J connectivity index is 1.18. The third-order valence-corrected chi connectivity index (χ3v) is 7.97. The van der Waals surface area contributed by atoms with Gasteiger partial charge in [-0.1, -0.05) is 19.1 Å². The predicted molar refractivity (Wildman–Crippen MR) is 142 cm³/mol. The van der Waals surface area contributed by atoms with Crippen LogP contribution in [0, 0.1) is 5.41 Å². The van der Waals surface area contributed by atoms with Crippen molar-refractivity contribution in [1.29, 1.82) is 0 Å². The van der Waals surface area contributed by atoms with E-state index in [0.717, 1.165) is 47.8 Å². The van der Waals surface area contributed by atoms with Gasteiger partial charge in [-0.3, -0.25) is 34.2 Å². The minimum atomic E-state index is -0.978. The molecule has 0 aliphatic carbocycles. The van der Waals surface area contributed by atoms with Gasteiger partial charge in [-0.2, -0.15) is 0 Å². The summed E-state index contributed by atoms with van der Waals surface area (Å²) in [6.07, 6.45) is 2.20. The van der Waals surface area contributed by atoms with E-state index in [2.05, 4.69) is 22.5 Å². The van der Waals surface area contributed by atoms with Crippen molar-refractivity contribution in [2.24, 2.45) is 5.41 Å². The molecule has 0 saturated carbocycles. The van der Waals surface area contributed by atoms with Crippen molar-refractivity contribution >= 4 is 35.2 Å². The molecule has 1 atom stereocenters. The Kier molecular flexibility index (Phi) is 7.12. The van der Waals surface area contributed by atoms with E-state index in [0.29, 0.717) is 6.54 Å². The SMILES string of the molecule is COc1cccc(CC(=O)NCC2(C)CCN(c3ccc4c(c3)C(=O)N(C3CCC(=O)NC3=O)C4=O)CC2)c1. The summed E-state index contributed by atoms with van der Waals surface area (Å²) in [6, 6.07) is 11.7. The van der Waals surface area contributed by atoms with Crippen LogP contribution in [-0.2, 0) is 20.8 Å². The van der Waals surface area contributed by atoms with Gasteiger partial charge in [0.05, 0.1) is 24.7 Å². The first kappa shape index (κ1) is 26.4. The molecule has 2 N–H and O–H groups in total. The predicted octanol–water partition coefficient (Wildman–Crippen LogP) is 2.06. The van der Waals surface area contributed by atoms with Crippen LogP contribution in [0.1, 0.15) is 58.9 Å². The van der Waals surface area contributed by atoms with Crippen LogP contribution in [-0.4, -0.2) is 67.2 Å². The molecule has 3 aliphatic rings. The number of hydrogen-bond acceptors (Lipinski definition) is 7. The number of carbonyl (C=O) groups is 5. The second-order valence-corrected chi connectivity index (χ2v) is 10.8. The summed E-state index contributed by atoms with van der Waals surface area (Å²) in [7, 11) is 1.60. The largest absolute Gasteiger partial charge is 0.497 e. The van der Waals surface area contributed by atoms with Gasteiger partial charge in [0, 0.05) is 31.7 Å². The van der Waals surface area contributed by atoms with Crippen LogP contribution in [0.3, 0.4) is 0 Å². The van der Waals surface area contributed by atoms with E-state index in [1.165, 1.54) is 0 Å². The van der Waals surface area contributed by atoms with Gasteiger partial charge < -0.3 is 15.0 Å². The van der Waals surface area contributed by atoms with Crippen molar-refractivity contribution < 1.29 is 28.7 Å². The highest BCUT2D eigenvalue weighted by Crippen LogP contribution is 2.35. The highest BCUT2D eigenvalue weighted by atomic mass is 16.5. The second kappa shape index (κ2) is 10.5. The smallest absolute Gasteiger partial charge is 0.262 e. The number of fused-ring (bicyclic) bond motifs is 1. The Morgan fingerprint density at radius 1 is 1.05 bits per heavy atom. The lowest BCUT2D eigenvalue weighted by atomic mass is 9.80. The molecule has 39 heavy (non-hydrogen) atoms. The first-order chi connectivity index (χ1) is 18.7. The fraction of sp³-hybridized carbons (Fsp3) is 0.414. The minimum absolute atomic E-state index is 0.0331. The Morgan fingerprint density at radius 3 is 2.51 bits per heavy atom. The van der Waals surface area contributed by atoms with Gasteiger partial charge in [0.1, 0.15) is 11.8 Å². The lowest BCUT2D eigenvalue weighted by Crippen LogP contribution is -2.54. The summed E-state index contributed by atoms with van der Waals surface area (Å²) >= 11 is 0. The van der Waals surface area contributed by atoms with Crippen LogP contribution in [0.4, 0.5) is 5.69 Å². The summed E-state index contributed by atoms with van der Waals surface area (Å²) in [5.41, 5.74) is 2.22. The molecule has 5 amide bonds. The van der Waals surface area contributed by atoms with Crippen molar-refractivity contribution in [1.82, 2.24) is 15.5 Å². The zero-order chi connectivity index (χ0) is 27.7. The molecule has 0 bridgehead atoms. The Labute approximate surface area is 226 Å². The van der Waals surface area contributed by atoms with E-state index in [9.17, 15) is 24.0 Å². The Hall–Kier alpha value is -4.21. The highest BCUT2D eigenvalue weighted by molar-refractivity contribution is 6.23. The maximum Gasteiger partial charge on any atom is 0.262 e. The molecule has 1 unspecified atom stereocenters. The van der Waals surface area contributed by atoms with Gasteiger partial charge in [0.2, 0.25) is 17.7 Å². The van der Waals surface area contributed by atoms with Crippen LogP contribution in [0.2, 0.25) is 0 Å². The molecular formula is C29H32N4O6. The molecule has 2 aromatic rings. The van der Waals surface area contributed by atoms with Crippen LogP contribution in [0.5, 0.6) is 5.75 Å². The standard InChI is InChI=1S/C29H32N4O6/c1-29(17-30-25(35)15-18-4-3-5-20(14-18)39-2)10-12-32(13-11-29)19-6-7-21-22(16-19)28(38)33(27(21)37)23-8-9-24(34)31-26(23)36/h3-7,14,16,23H,8-13,15,17H2,1-2H3,(H,30,35)(H,31,34,36). The third-order valence-electron chi connectivity index (χ3n) is 7.97. The Morgan fingerprint density at radius 2 is 1.79 bits per heavy atom. The first-order valence-electron chi connectivity index (χ1n) is 13.2. The first-order valence-corrected chi connectivity index (χ1v) is 13.2. The number of hydrogen-bond donors (Lipinski definition) is 2. The highest BCUT2D eigenvalue weighted by Gasteiger charge is 2.45. The quantitative estimate of drug-likeness (QED) is 0.523. The Bertz CT molecular complexity index is 1350. The number of amides is 5. The van der Waals surface area contributed by atoms with Gasteiger partial charge >= 0.3 is 0 Å². The fourth-order valence-electron chi connectivity index (χ4n) is 5.48. The molecular weight excluding hydrogens is 500 g/mol. The number of nitrogens with one attached hydrogen (secondary N) is 2. The summed E-state index contributed by atoms with van der Waals surface area (Å²) in [4.78, 5) is 65.6. The average Bonchev–Trinajstić information content (AvgIpc) is 3.17. The zero-order valence-corrected chi connectivity index (χ0v) is 22.1. The maximum atomic E-state index is 13.2. The number of anilines is 1. The molecule has 2 saturated heterocycles. The second-order valence-electron chi connectivity index (χ2n) is 10.8. The molecule has 10 nitrogen and oxygen atoms in total. The molecule has 3 aliphatic heterocycles. The average molecular weight is 533 g/mol. The number of carbonyl (C=O) groups excluding carboxylic acids is 5. The van der Waals surface area contributed by atoms with Crippen molar-refractivity contribution in [2.45, 2.75) is 45.1 Å². The van der Waals surface area contributed by atoms with Crippen molar-refractivity contribution in [3.8, 4) is 5.75 Å². The lowest BCUT2D eigenvalue weighted by Gasteiger charge is -2.40. The molecule has 0 spiro atoms. The van der Waals surface area contributed by atoms with E-state index in [1.54, 1.807) is 19.2 Å². The number of methoxy groups -OCH3 is 1. The van der Waals surface area contributed by atoms with E-state index in [4.69, 9.17) is 4.74 Å². The summed E-state index contributed by atoms with van der Waals surface area (Å²) in [5.74, 6) is -1.34. The van der Waals surface area contributed by atoms with Crippen molar-refractivity contribution in [2.75, 3.05) is 31.6 Å². The normalized spacial score (nSPS) is 20.5. The molecule has 204 valence electrons. The number of nitrogens with zero attached hydrogens (tertiary/aromatic N) is 2. The lowest BCUT2D eigenvalue weighted by molar-refractivity contribution is -0.136. The van der Waals surface area contributed by atoms with Gasteiger partial charge in [0.15, 0.2) is 0 Å². The zero-order valence-electron chi connectivity index (χ0n) is 22.1. The third kappa shape index (κ3) is 5.36. The van der Waals surface area contributed by atoms with E-state index < -0.39 is 29.7 Å². The van der Waals surface area contributed by atoms with E-state index in [1.807, 2.05) is 30.3 Å². The minimum Gasteiger partial charge on any atom is -0.497 e. The molecule has 5 rings (SSSR count). The fourth-order valence-corrected chi connectivity index (χ4v) is 5.48.